The van der Waals surface area contributed by atoms with Gasteiger partial charge in [-0.05, 0) is 5.56 Å². The van der Waals surface area contributed by atoms with Gasteiger partial charge < -0.3 is 14.8 Å². The van der Waals surface area contributed by atoms with Gasteiger partial charge in [-0.2, -0.15) is 0 Å². The van der Waals surface area contributed by atoms with E-state index in [1.165, 1.54) is 7.11 Å². The molecule has 0 fully saturated rings. The second-order valence-corrected chi connectivity index (χ2v) is 3.74. The lowest BCUT2D eigenvalue weighted by molar-refractivity contribution is -0.146. The molecule has 1 amide bonds. The third-order valence-electron chi connectivity index (χ3n) is 2.39. The Balaban J connectivity index is 2.64. The van der Waals surface area contributed by atoms with Gasteiger partial charge in [-0.3, -0.25) is 9.59 Å². The zero-order chi connectivity index (χ0) is 14.1. The number of carbonyl (C=O) groups is 3. The summed E-state index contributed by atoms with van der Waals surface area (Å²) in [7, 11) is 1.24. The summed E-state index contributed by atoms with van der Waals surface area (Å²) in [5, 5.41) is 2.45. The second kappa shape index (κ2) is 7.86. The fourth-order valence-corrected chi connectivity index (χ4v) is 1.53. The first-order valence-electron chi connectivity index (χ1n) is 5.63. The van der Waals surface area contributed by atoms with Crippen molar-refractivity contribution in [3.8, 4) is 0 Å². The standard InChI is InChI=1S/C13H15NO5/c1-18-13(17)11(14-12(16)8-19-9-15)7-10-5-3-2-4-6-10/h2-6,9,11H,7-8H2,1H3,(H,14,16)/t11-/m1/s1. The second-order valence-electron chi connectivity index (χ2n) is 3.74. The number of hydrogen-bond donors (Lipinski definition) is 1. The van der Waals surface area contributed by atoms with Crippen LogP contribution >= 0.6 is 0 Å². The Morgan fingerprint density at radius 2 is 2.00 bits per heavy atom. The fourth-order valence-electron chi connectivity index (χ4n) is 1.53. The van der Waals surface area contributed by atoms with Crippen LogP contribution in [0, 0.1) is 0 Å². The molecule has 0 spiro atoms. The molecule has 0 aliphatic rings. The molecule has 0 aliphatic carbocycles. The molecule has 1 rings (SSSR count). The lowest BCUT2D eigenvalue weighted by atomic mass is 10.1. The number of rotatable bonds is 7. The van der Waals surface area contributed by atoms with Crippen molar-refractivity contribution >= 4 is 18.3 Å². The topological polar surface area (TPSA) is 81.7 Å². The van der Waals surface area contributed by atoms with Gasteiger partial charge in [-0.25, -0.2) is 4.79 Å². The highest BCUT2D eigenvalue weighted by Crippen LogP contribution is 2.04. The summed E-state index contributed by atoms with van der Waals surface area (Å²) >= 11 is 0. The first-order chi connectivity index (χ1) is 9.17. The normalized spacial score (nSPS) is 11.2. The number of methoxy groups -OCH3 is 1. The molecule has 1 N–H and O–H groups in total. The maximum Gasteiger partial charge on any atom is 0.328 e. The van der Waals surface area contributed by atoms with Crippen molar-refractivity contribution in [1.82, 2.24) is 5.32 Å². The van der Waals surface area contributed by atoms with E-state index in [2.05, 4.69) is 14.8 Å². The van der Waals surface area contributed by atoms with Crippen molar-refractivity contribution < 1.29 is 23.9 Å². The van der Waals surface area contributed by atoms with E-state index in [9.17, 15) is 14.4 Å². The summed E-state index contributed by atoms with van der Waals surface area (Å²) in [5.41, 5.74) is 0.884. The van der Waals surface area contributed by atoms with Gasteiger partial charge >= 0.3 is 5.97 Å². The molecule has 6 nitrogen and oxygen atoms in total. The van der Waals surface area contributed by atoms with Crippen LogP contribution in [0.5, 0.6) is 0 Å². The van der Waals surface area contributed by atoms with Crippen molar-refractivity contribution in [1.29, 1.82) is 0 Å². The molecule has 19 heavy (non-hydrogen) atoms. The summed E-state index contributed by atoms with van der Waals surface area (Å²) in [5.74, 6) is -1.11. The molecular weight excluding hydrogens is 250 g/mol. The highest BCUT2D eigenvalue weighted by Gasteiger charge is 2.21. The summed E-state index contributed by atoms with van der Waals surface area (Å²) in [4.78, 5) is 33.0. The molecule has 6 heteroatoms. The van der Waals surface area contributed by atoms with Crippen molar-refractivity contribution in [3.05, 3.63) is 35.9 Å². The summed E-state index contributed by atoms with van der Waals surface area (Å²) in [6.07, 6.45) is 0.306. The van der Waals surface area contributed by atoms with Gasteiger partial charge in [0.2, 0.25) is 0 Å². The molecule has 1 aromatic rings. The van der Waals surface area contributed by atoms with E-state index >= 15 is 0 Å². The van der Waals surface area contributed by atoms with Gasteiger partial charge in [-0.15, -0.1) is 0 Å². The molecule has 1 atom stereocenters. The van der Waals surface area contributed by atoms with E-state index in [0.29, 0.717) is 6.42 Å². The number of benzene rings is 1. The Labute approximate surface area is 110 Å². The van der Waals surface area contributed by atoms with Crippen LogP contribution in [0.2, 0.25) is 0 Å². The van der Waals surface area contributed by atoms with E-state index in [0.717, 1.165) is 5.56 Å². The first kappa shape index (κ1) is 14.7. The highest BCUT2D eigenvalue weighted by atomic mass is 16.5. The average molecular weight is 265 g/mol. The Morgan fingerprint density at radius 1 is 1.32 bits per heavy atom. The largest absolute Gasteiger partial charge is 0.467 e. The molecule has 1 aromatic carbocycles. The number of nitrogens with one attached hydrogen (secondary N) is 1. The molecule has 0 radical (unpaired) electrons. The van der Waals surface area contributed by atoms with Gasteiger partial charge in [0.15, 0.2) is 6.61 Å². The smallest absolute Gasteiger partial charge is 0.328 e. The quantitative estimate of drug-likeness (QED) is 0.557. The number of hydrogen-bond acceptors (Lipinski definition) is 5. The third kappa shape index (κ3) is 5.20. The minimum Gasteiger partial charge on any atom is -0.467 e. The van der Waals surface area contributed by atoms with Crippen LogP contribution in [-0.4, -0.2) is 38.1 Å². The highest BCUT2D eigenvalue weighted by molar-refractivity contribution is 5.85. The summed E-state index contributed by atoms with van der Waals surface area (Å²) in [6, 6.07) is 8.39. The van der Waals surface area contributed by atoms with Gasteiger partial charge in [-0.1, -0.05) is 30.3 Å². The van der Waals surface area contributed by atoms with Crippen molar-refractivity contribution in [2.24, 2.45) is 0 Å². The first-order valence-corrected chi connectivity index (χ1v) is 5.63. The maximum absolute atomic E-state index is 11.6. The zero-order valence-corrected chi connectivity index (χ0v) is 10.5. The predicted octanol–water partition coefficient (Wildman–Crippen LogP) is 0.0599. The lowest BCUT2D eigenvalue weighted by Crippen LogP contribution is -2.44. The number of esters is 1. The molecule has 0 unspecified atom stereocenters. The molecule has 0 aromatic heterocycles. The number of amides is 1. The van der Waals surface area contributed by atoms with Crippen LogP contribution < -0.4 is 5.32 Å². The number of carbonyl (C=O) groups excluding carboxylic acids is 3. The predicted molar refractivity (Wildman–Crippen MR) is 66.1 cm³/mol. The number of ether oxygens (including phenoxy) is 2. The van der Waals surface area contributed by atoms with E-state index in [-0.39, 0.29) is 6.47 Å². The van der Waals surface area contributed by atoms with Crippen molar-refractivity contribution in [2.75, 3.05) is 13.7 Å². The monoisotopic (exact) mass is 265 g/mol. The lowest BCUT2D eigenvalue weighted by Gasteiger charge is -2.16. The average Bonchev–Trinajstić information content (AvgIpc) is 2.44. The minimum atomic E-state index is -0.810. The van der Waals surface area contributed by atoms with E-state index in [1.807, 2.05) is 30.3 Å². The van der Waals surface area contributed by atoms with Crippen LogP contribution in [0.1, 0.15) is 5.56 Å². The molecule has 0 bridgehead atoms. The summed E-state index contributed by atoms with van der Waals surface area (Å²) in [6.45, 7) is -0.254. The van der Waals surface area contributed by atoms with Crippen LogP contribution in [0.4, 0.5) is 0 Å². The molecule has 0 aliphatic heterocycles. The van der Waals surface area contributed by atoms with Crippen LogP contribution in [0.25, 0.3) is 0 Å². The Hall–Kier alpha value is -2.37. The van der Waals surface area contributed by atoms with Crippen molar-refractivity contribution in [2.45, 2.75) is 12.5 Å². The van der Waals surface area contributed by atoms with Crippen LogP contribution in [-0.2, 0) is 30.3 Å². The molecule has 0 saturated heterocycles. The maximum atomic E-state index is 11.6. The van der Waals surface area contributed by atoms with Crippen LogP contribution in [0.3, 0.4) is 0 Å². The van der Waals surface area contributed by atoms with E-state index in [1.54, 1.807) is 0 Å². The van der Waals surface area contributed by atoms with Crippen molar-refractivity contribution in [3.63, 3.8) is 0 Å². The Kier molecular flexibility index (Phi) is 6.08. The molecular formula is C13H15NO5. The Morgan fingerprint density at radius 3 is 2.58 bits per heavy atom. The van der Waals surface area contributed by atoms with E-state index < -0.39 is 24.5 Å². The van der Waals surface area contributed by atoms with Crippen LogP contribution in [0.15, 0.2) is 30.3 Å². The molecule has 102 valence electrons. The fraction of sp³-hybridized carbons (Fsp3) is 0.308. The zero-order valence-electron chi connectivity index (χ0n) is 10.5. The molecule has 0 heterocycles. The minimum absolute atomic E-state index is 0.171. The SMILES string of the molecule is COC(=O)[C@@H](Cc1ccccc1)NC(=O)COC=O. The van der Waals surface area contributed by atoms with E-state index in [4.69, 9.17) is 0 Å². The van der Waals surface area contributed by atoms with Gasteiger partial charge in [0.1, 0.15) is 6.04 Å². The van der Waals surface area contributed by atoms with Gasteiger partial charge in [0.25, 0.3) is 12.4 Å². The van der Waals surface area contributed by atoms with Gasteiger partial charge in [0.05, 0.1) is 7.11 Å². The Bertz CT molecular complexity index is 432. The third-order valence-corrected chi connectivity index (χ3v) is 2.39. The molecule has 0 saturated carbocycles. The van der Waals surface area contributed by atoms with Gasteiger partial charge in [0, 0.05) is 6.42 Å². The summed E-state index contributed by atoms with van der Waals surface area (Å²) < 4.78 is 8.94.